The van der Waals surface area contributed by atoms with Crippen LogP contribution in [-0.4, -0.2) is 104 Å². The molecule has 4 atom stereocenters. The number of carbonyl (C=O) groups excluding carboxylic acids is 3. The molecule has 7 rings (SSSR count). The molecule has 4 aliphatic heterocycles. The quantitative estimate of drug-likeness (QED) is 0.281. The van der Waals surface area contributed by atoms with Gasteiger partial charge in [-0.2, -0.15) is 14.6 Å². The Bertz CT molecular complexity index is 1750. The van der Waals surface area contributed by atoms with Crippen LogP contribution < -0.4 is 10.1 Å². The molecule has 3 aromatic rings. The second-order valence-electron chi connectivity index (χ2n) is 14.4. The van der Waals surface area contributed by atoms with Crippen LogP contribution in [0, 0.1) is 0 Å². The Hall–Kier alpha value is -4.88. The largest absolute Gasteiger partial charge is 0.472 e. The Morgan fingerprint density at radius 3 is 2.45 bits per heavy atom. The predicted octanol–water partition coefficient (Wildman–Crippen LogP) is 5.66. The Morgan fingerprint density at radius 2 is 1.73 bits per heavy atom. The van der Waals surface area contributed by atoms with Gasteiger partial charge in [0, 0.05) is 49.3 Å². The van der Waals surface area contributed by atoms with Crippen LogP contribution in [0.15, 0.2) is 55.0 Å². The second-order valence-corrected chi connectivity index (χ2v) is 14.4. The summed E-state index contributed by atoms with van der Waals surface area (Å²) in [5.41, 5.74) is 2.65. The van der Waals surface area contributed by atoms with Gasteiger partial charge in [0.05, 0.1) is 19.3 Å². The van der Waals surface area contributed by atoms with E-state index in [9.17, 15) is 18.8 Å². The maximum atomic E-state index is 13.4. The lowest BCUT2D eigenvalue weighted by molar-refractivity contribution is -0.128. The standard InChI is InChI=1S/C37H46FN7O6/c1-23(2)31-19-39-45-32(18-33(41-34(31)45)50-29-10-7-14-43(21-29)36(47)49-22-25-8-5-4-6-9-25)40-26-16-27-11-12-28(17-26)44(27)37(48)51-30-13-15-42(20-30)35(46)24(3)38/h4-6,8-9,18-19,23,26-30,40H,3,7,10-17,20-22H2,1-2H3/t26?,27?,28?,29-,30?/m1/s1. The van der Waals surface area contributed by atoms with E-state index in [1.807, 2.05) is 52.0 Å². The molecule has 2 bridgehead atoms. The predicted molar refractivity (Wildman–Crippen MR) is 186 cm³/mol. The average Bonchev–Trinajstić information content (AvgIpc) is 3.83. The zero-order valence-corrected chi connectivity index (χ0v) is 29.2. The Kier molecular flexibility index (Phi) is 10.0. The molecular formula is C37H46FN7O6. The third kappa shape index (κ3) is 7.59. The Morgan fingerprint density at radius 1 is 0.980 bits per heavy atom. The fourth-order valence-corrected chi connectivity index (χ4v) is 7.90. The zero-order chi connectivity index (χ0) is 35.6. The lowest BCUT2D eigenvalue weighted by Gasteiger charge is -2.39. The fraction of sp³-hybridized carbons (Fsp3) is 0.541. The number of fused-ring (bicyclic) bond motifs is 3. The van der Waals surface area contributed by atoms with Crippen LogP contribution in [0.5, 0.6) is 5.88 Å². The van der Waals surface area contributed by atoms with Crippen molar-refractivity contribution in [3.63, 3.8) is 0 Å². The van der Waals surface area contributed by atoms with Crippen LogP contribution in [0.25, 0.3) is 5.65 Å². The van der Waals surface area contributed by atoms with E-state index in [2.05, 4.69) is 30.8 Å². The van der Waals surface area contributed by atoms with Gasteiger partial charge in [0.15, 0.2) is 11.5 Å². The molecular weight excluding hydrogens is 657 g/mol. The summed E-state index contributed by atoms with van der Waals surface area (Å²) in [6, 6.07) is 11.6. The highest BCUT2D eigenvalue weighted by Crippen LogP contribution is 2.38. The van der Waals surface area contributed by atoms with Gasteiger partial charge in [0.25, 0.3) is 5.91 Å². The molecule has 51 heavy (non-hydrogen) atoms. The summed E-state index contributed by atoms with van der Waals surface area (Å²) >= 11 is 0. The molecule has 272 valence electrons. The van der Waals surface area contributed by atoms with Gasteiger partial charge in [0.2, 0.25) is 5.88 Å². The second kappa shape index (κ2) is 14.8. The number of anilines is 1. The van der Waals surface area contributed by atoms with E-state index in [4.69, 9.17) is 19.2 Å². The Balaban J connectivity index is 1.00. The first-order valence-corrected chi connectivity index (χ1v) is 18.0. The molecule has 13 nitrogen and oxygen atoms in total. The van der Waals surface area contributed by atoms with Crippen molar-refractivity contribution in [2.24, 2.45) is 0 Å². The molecule has 0 spiro atoms. The number of amides is 3. The fourth-order valence-electron chi connectivity index (χ4n) is 7.90. The number of rotatable bonds is 9. The van der Waals surface area contributed by atoms with E-state index in [0.29, 0.717) is 37.6 Å². The lowest BCUT2D eigenvalue weighted by atomic mass is 9.98. The number of halogens is 1. The van der Waals surface area contributed by atoms with Crippen LogP contribution in [0.4, 0.5) is 19.8 Å². The van der Waals surface area contributed by atoms with Crippen LogP contribution in [0.3, 0.4) is 0 Å². The van der Waals surface area contributed by atoms with Crippen LogP contribution in [0.2, 0.25) is 0 Å². The number of nitrogens with one attached hydrogen (secondary N) is 1. The molecule has 14 heteroatoms. The van der Waals surface area contributed by atoms with Gasteiger partial charge in [-0.15, -0.1) is 0 Å². The topological polar surface area (TPSA) is 131 Å². The van der Waals surface area contributed by atoms with Gasteiger partial charge in [-0.25, -0.2) is 14.0 Å². The molecule has 4 fully saturated rings. The number of benzene rings is 1. The van der Waals surface area contributed by atoms with Gasteiger partial charge in [-0.05, 0) is 50.0 Å². The van der Waals surface area contributed by atoms with Crippen molar-refractivity contribution < 1.29 is 33.0 Å². The summed E-state index contributed by atoms with van der Waals surface area (Å²) in [5, 5.41) is 8.39. The van der Waals surface area contributed by atoms with Crippen LogP contribution in [-0.2, 0) is 20.9 Å². The molecule has 0 radical (unpaired) electrons. The van der Waals surface area contributed by atoms with Crippen molar-refractivity contribution in [1.29, 1.82) is 0 Å². The maximum absolute atomic E-state index is 13.4. The zero-order valence-electron chi connectivity index (χ0n) is 29.2. The molecule has 4 aliphatic rings. The molecule has 0 aliphatic carbocycles. The van der Waals surface area contributed by atoms with Crippen molar-refractivity contribution in [3.8, 4) is 5.88 Å². The SMILES string of the molecule is C=C(F)C(=O)N1CCC(OC(=O)N2C3CCC2CC(Nc2cc(O[C@@H]4CCCN(C(=O)OCc5ccccc5)C4)nc4c(C(C)C)cnn24)C3)C1. The van der Waals surface area contributed by atoms with Gasteiger partial charge in [-0.1, -0.05) is 50.8 Å². The molecule has 3 amide bonds. The molecule has 6 heterocycles. The minimum atomic E-state index is -1.01. The van der Waals surface area contributed by atoms with Crippen molar-refractivity contribution in [1.82, 2.24) is 29.3 Å². The number of nitrogens with zero attached hydrogens (tertiary/aromatic N) is 6. The van der Waals surface area contributed by atoms with Crippen molar-refractivity contribution >= 4 is 29.6 Å². The number of aromatic nitrogens is 3. The first kappa shape index (κ1) is 34.6. The number of ether oxygens (including phenoxy) is 3. The summed E-state index contributed by atoms with van der Waals surface area (Å²) < 4.78 is 33.1. The summed E-state index contributed by atoms with van der Waals surface area (Å²) in [6.45, 7) is 9.02. The minimum absolute atomic E-state index is 0.00488. The highest BCUT2D eigenvalue weighted by atomic mass is 19.1. The maximum Gasteiger partial charge on any atom is 0.410 e. The highest BCUT2D eigenvalue weighted by Gasteiger charge is 2.45. The van der Waals surface area contributed by atoms with Crippen molar-refractivity contribution in [2.45, 2.75) is 102 Å². The molecule has 3 unspecified atom stereocenters. The van der Waals surface area contributed by atoms with E-state index in [0.717, 1.165) is 55.5 Å². The Labute approximate surface area is 296 Å². The summed E-state index contributed by atoms with van der Waals surface area (Å²) in [5.74, 6) is -0.359. The minimum Gasteiger partial charge on any atom is -0.472 e. The summed E-state index contributed by atoms with van der Waals surface area (Å²) in [7, 11) is 0. The van der Waals surface area contributed by atoms with E-state index in [1.165, 1.54) is 4.90 Å². The van der Waals surface area contributed by atoms with Gasteiger partial charge in [-0.3, -0.25) is 4.79 Å². The summed E-state index contributed by atoms with van der Waals surface area (Å²) in [6.07, 6.45) is 5.64. The van der Waals surface area contributed by atoms with Crippen molar-refractivity contribution in [2.75, 3.05) is 31.5 Å². The van der Waals surface area contributed by atoms with Gasteiger partial charge < -0.3 is 34.2 Å². The van der Waals surface area contributed by atoms with E-state index in [-0.39, 0.29) is 55.5 Å². The summed E-state index contributed by atoms with van der Waals surface area (Å²) in [4.78, 5) is 48.0. The molecule has 1 aromatic carbocycles. The van der Waals surface area contributed by atoms with Gasteiger partial charge in [0.1, 0.15) is 24.6 Å². The smallest absolute Gasteiger partial charge is 0.410 e. The molecule has 0 saturated carbocycles. The number of piperidine rings is 2. The lowest BCUT2D eigenvalue weighted by Crippen LogP contribution is -2.50. The third-order valence-corrected chi connectivity index (χ3v) is 10.5. The highest BCUT2D eigenvalue weighted by molar-refractivity contribution is 5.90. The normalized spacial score (nSPS) is 24.5. The first-order valence-electron chi connectivity index (χ1n) is 18.0. The van der Waals surface area contributed by atoms with Gasteiger partial charge >= 0.3 is 12.2 Å². The number of hydrogen-bond donors (Lipinski definition) is 1. The number of carbonyl (C=O) groups is 3. The molecule has 1 N–H and O–H groups in total. The van der Waals surface area contributed by atoms with E-state index < -0.39 is 17.8 Å². The average molecular weight is 704 g/mol. The number of hydrogen-bond acceptors (Lipinski definition) is 9. The monoisotopic (exact) mass is 703 g/mol. The van der Waals surface area contributed by atoms with Crippen LogP contribution in [0.1, 0.15) is 75.8 Å². The van der Waals surface area contributed by atoms with E-state index >= 15 is 0 Å². The van der Waals surface area contributed by atoms with Crippen LogP contribution >= 0.6 is 0 Å². The van der Waals surface area contributed by atoms with E-state index in [1.54, 1.807) is 4.90 Å². The van der Waals surface area contributed by atoms with Crippen molar-refractivity contribution in [3.05, 3.63) is 66.1 Å². The third-order valence-electron chi connectivity index (χ3n) is 10.5. The first-order chi connectivity index (χ1) is 24.6. The number of likely N-dealkylation sites (tertiary alicyclic amines) is 2. The molecule has 2 aromatic heterocycles. The molecule has 4 saturated heterocycles.